The van der Waals surface area contributed by atoms with Gasteiger partial charge in [-0.05, 0) is 30.9 Å². The minimum absolute atomic E-state index is 0.217. The molecule has 20 heavy (non-hydrogen) atoms. The Morgan fingerprint density at radius 3 is 3.15 bits per heavy atom. The molecule has 1 aliphatic carbocycles. The van der Waals surface area contributed by atoms with Crippen molar-refractivity contribution in [3.63, 3.8) is 0 Å². The number of methoxy groups -OCH3 is 1. The average molecular weight is 272 g/mol. The van der Waals surface area contributed by atoms with Crippen molar-refractivity contribution in [2.45, 2.75) is 32.1 Å². The summed E-state index contributed by atoms with van der Waals surface area (Å²) in [7, 11) is 1.41. The summed E-state index contributed by atoms with van der Waals surface area (Å²) in [5.41, 5.74) is 3.60. The molecular weight excluding hydrogens is 252 g/mol. The van der Waals surface area contributed by atoms with E-state index in [2.05, 4.69) is 12.1 Å². The highest BCUT2D eigenvalue weighted by atomic mass is 16.5. The summed E-state index contributed by atoms with van der Waals surface area (Å²) in [6.07, 6.45) is 7.60. The van der Waals surface area contributed by atoms with Crippen LogP contribution in [0.5, 0.6) is 5.75 Å². The maximum absolute atomic E-state index is 11.3. The number of fused-ring (bicyclic) bond motifs is 2. The van der Waals surface area contributed by atoms with Gasteiger partial charge in [-0.15, -0.1) is 0 Å². The van der Waals surface area contributed by atoms with Crippen LogP contribution in [0, 0.1) is 5.92 Å². The first-order chi connectivity index (χ1) is 9.76. The van der Waals surface area contributed by atoms with Crippen LogP contribution in [-0.2, 0) is 16.0 Å². The summed E-state index contributed by atoms with van der Waals surface area (Å²) in [6.45, 7) is 0.764. The van der Waals surface area contributed by atoms with Gasteiger partial charge in [0.1, 0.15) is 5.75 Å². The lowest BCUT2D eigenvalue weighted by atomic mass is 9.84. The van der Waals surface area contributed by atoms with E-state index in [9.17, 15) is 4.79 Å². The van der Waals surface area contributed by atoms with Crippen LogP contribution in [0.25, 0.3) is 6.08 Å². The summed E-state index contributed by atoms with van der Waals surface area (Å²) in [6, 6.07) is 6.01. The molecule has 1 unspecified atom stereocenters. The quantitative estimate of drug-likeness (QED) is 0.774. The lowest BCUT2D eigenvalue weighted by Gasteiger charge is -2.23. The van der Waals surface area contributed by atoms with Crippen LogP contribution in [0.4, 0.5) is 0 Å². The predicted molar refractivity (Wildman–Crippen MR) is 77.6 cm³/mol. The molecule has 1 atom stereocenters. The normalized spacial score (nSPS) is 20.9. The second kappa shape index (κ2) is 5.70. The third-order valence-electron chi connectivity index (χ3n) is 4.23. The van der Waals surface area contributed by atoms with E-state index >= 15 is 0 Å². The third kappa shape index (κ3) is 2.72. The Balaban J connectivity index is 1.86. The van der Waals surface area contributed by atoms with Crippen molar-refractivity contribution in [1.29, 1.82) is 0 Å². The van der Waals surface area contributed by atoms with Gasteiger partial charge in [0, 0.05) is 11.5 Å². The maximum Gasteiger partial charge on any atom is 0.309 e. The Bertz CT molecular complexity index is 545. The summed E-state index contributed by atoms with van der Waals surface area (Å²) >= 11 is 0. The van der Waals surface area contributed by atoms with E-state index in [-0.39, 0.29) is 5.97 Å². The molecule has 3 rings (SSSR count). The van der Waals surface area contributed by atoms with Gasteiger partial charge in [0.25, 0.3) is 0 Å². The number of carbonyl (C=O) groups is 1. The lowest BCUT2D eigenvalue weighted by Crippen LogP contribution is -2.16. The molecule has 0 spiro atoms. The molecule has 3 heteroatoms. The van der Waals surface area contributed by atoms with Crippen molar-refractivity contribution in [3.8, 4) is 5.75 Å². The van der Waals surface area contributed by atoms with Gasteiger partial charge in [0.2, 0.25) is 0 Å². The fourth-order valence-electron chi connectivity index (χ4n) is 3.05. The van der Waals surface area contributed by atoms with Gasteiger partial charge in [-0.25, -0.2) is 0 Å². The van der Waals surface area contributed by atoms with E-state index in [1.807, 2.05) is 12.1 Å². The molecule has 0 N–H and O–H groups in total. The molecule has 0 saturated heterocycles. The first-order valence-corrected chi connectivity index (χ1v) is 7.29. The number of hydrogen-bond acceptors (Lipinski definition) is 3. The van der Waals surface area contributed by atoms with Crippen molar-refractivity contribution < 1.29 is 14.3 Å². The van der Waals surface area contributed by atoms with E-state index in [0.717, 1.165) is 23.5 Å². The topological polar surface area (TPSA) is 35.5 Å². The van der Waals surface area contributed by atoms with E-state index < -0.39 is 0 Å². The molecule has 1 fully saturated rings. The Labute approximate surface area is 119 Å². The molecule has 2 aliphatic rings. The van der Waals surface area contributed by atoms with Crippen molar-refractivity contribution in [3.05, 3.63) is 34.9 Å². The van der Waals surface area contributed by atoms with Gasteiger partial charge < -0.3 is 9.47 Å². The van der Waals surface area contributed by atoms with Crippen LogP contribution in [0.1, 0.15) is 36.8 Å². The number of rotatable bonds is 2. The van der Waals surface area contributed by atoms with Crippen molar-refractivity contribution in [2.24, 2.45) is 5.92 Å². The van der Waals surface area contributed by atoms with Crippen LogP contribution in [0.3, 0.4) is 0 Å². The van der Waals surface area contributed by atoms with Crippen LogP contribution < -0.4 is 4.74 Å². The average Bonchev–Trinajstić information content (AvgIpc) is 2.66. The van der Waals surface area contributed by atoms with Crippen molar-refractivity contribution in [1.82, 2.24) is 0 Å². The number of esters is 1. The van der Waals surface area contributed by atoms with E-state index in [1.165, 1.54) is 38.4 Å². The minimum Gasteiger partial charge on any atom is -0.492 e. The molecule has 1 aliphatic heterocycles. The monoisotopic (exact) mass is 272 g/mol. The largest absolute Gasteiger partial charge is 0.492 e. The van der Waals surface area contributed by atoms with Crippen molar-refractivity contribution in [2.75, 3.05) is 13.7 Å². The van der Waals surface area contributed by atoms with Crippen LogP contribution in [-0.4, -0.2) is 19.7 Å². The lowest BCUT2D eigenvalue weighted by molar-refractivity contribution is -0.139. The van der Waals surface area contributed by atoms with Crippen LogP contribution in [0.15, 0.2) is 23.8 Å². The van der Waals surface area contributed by atoms with E-state index in [0.29, 0.717) is 12.3 Å². The van der Waals surface area contributed by atoms with Crippen LogP contribution in [0.2, 0.25) is 0 Å². The molecule has 1 heterocycles. The Hall–Kier alpha value is -1.77. The summed E-state index contributed by atoms with van der Waals surface area (Å²) in [5, 5.41) is 0. The molecule has 3 nitrogen and oxygen atoms in total. The molecule has 1 saturated carbocycles. The van der Waals surface area contributed by atoms with E-state index in [1.54, 1.807) is 0 Å². The standard InChI is InChI=1S/C17H20O3/c1-19-17(18)9-12-6-7-14-10-13-4-2-3-5-15(13)11-20-16(14)8-12/h6-8,10,15H,2-5,9,11H2,1H3. The first kappa shape index (κ1) is 13.2. The van der Waals surface area contributed by atoms with Gasteiger partial charge in [-0.3, -0.25) is 4.79 Å². The predicted octanol–water partition coefficient (Wildman–Crippen LogP) is 3.37. The molecule has 0 amide bonds. The highest BCUT2D eigenvalue weighted by molar-refractivity contribution is 5.73. The fraction of sp³-hybridized carbons (Fsp3) is 0.471. The third-order valence-corrected chi connectivity index (χ3v) is 4.23. The Morgan fingerprint density at radius 1 is 1.40 bits per heavy atom. The molecule has 0 aromatic heterocycles. The SMILES string of the molecule is COC(=O)Cc1ccc2c(c1)OCC1CCCCC1=C2. The van der Waals surface area contributed by atoms with E-state index in [4.69, 9.17) is 9.47 Å². The smallest absolute Gasteiger partial charge is 0.309 e. The molecular formula is C17H20O3. The highest BCUT2D eigenvalue weighted by Gasteiger charge is 2.23. The van der Waals surface area contributed by atoms with Gasteiger partial charge >= 0.3 is 5.97 Å². The number of carbonyl (C=O) groups excluding carboxylic acids is 1. The Morgan fingerprint density at radius 2 is 2.30 bits per heavy atom. The number of benzene rings is 1. The van der Waals surface area contributed by atoms with Crippen molar-refractivity contribution >= 4 is 12.0 Å². The molecule has 1 aromatic rings. The molecule has 0 radical (unpaired) electrons. The number of ether oxygens (including phenoxy) is 2. The first-order valence-electron chi connectivity index (χ1n) is 7.29. The number of hydrogen-bond donors (Lipinski definition) is 0. The van der Waals surface area contributed by atoms with Crippen LogP contribution >= 0.6 is 0 Å². The zero-order chi connectivity index (χ0) is 13.9. The summed E-state index contributed by atoms with van der Waals surface area (Å²) < 4.78 is 10.7. The maximum atomic E-state index is 11.3. The Kier molecular flexibility index (Phi) is 3.77. The summed E-state index contributed by atoms with van der Waals surface area (Å²) in [5.74, 6) is 1.25. The zero-order valence-electron chi connectivity index (χ0n) is 11.9. The zero-order valence-corrected chi connectivity index (χ0v) is 11.9. The van der Waals surface area contributed by atoms with Gasteiger partial charge in [-0.1, -0.05) is 30.2 Å². The second-order valence-electron chi connectivity index (χ2n) is 5.60. The second-order valence-corrected chi connectivity index (χ2v) is 5.60. The molecule has 0 bridgehead atoms. The van der Waals surface area contributed by atoms with Gasteiger partial charge in [0.15, 0.2) is 0 Å². The van der Waals surface area contributed by atoms with Gasteiger partial charge in [-0.2, -0.15) is 0 Å². The minimum atomic E-state index is -0.217. The summed E-state index contributed by atoms with van der Waals surface area (Å²) in [4.78, 5) is 11.3. The fourth-order valence-corrected chi connectivity index (χ4v) is 3.05. The highest BCUT2D eigenvalue weighted by Crippen LogP contribution is 2.36. The molecule has 1 aromatic carbocycles. The molecule has 106 valence electrons. The van der Waals surface area contributed by atoms with Gasteiger partial charge in [0.05, 0.1) is 20.1 Å².